The Labute approximate surface area is 173 Å². The third kappa shape index (κ3) is 5.37. The second-order valence-corrected chi connectivity index (χ2v) is 8.30. The monoisotopic (exact) mass is 392 g/mol. The van der Waals surface area contributed by atoms with Crippen LogP contribution in [-0.2, 0) is 13.0 Å². The number of fused-ring (bicyclic) bond motifs is 1. The molecule has 5 nitrogen and oxygen atoms in total. The lowest BCUT2D eigenvalue weighted by Crippen LogP contribution is -2.40. The molecule has 5 heteroatoms. The lowest BCUT2D eigenvalue weighted by Gasteiger charge is -2.34. The molecule has 1 unspecified atom stereocenters. The Morgan fingerprint density at radius 1 is 1.17 bits per heavy atom. The summed E-state index contributed by atoms with van der Waals surface area (Å²) in [5.74, 6) is 2.72. The number of imidazole rings is 1. The second kappa shape index (κ2) is 9.42. The highest BCUT2D eigenvalue weighted by molar-refractivity contribution is 5.74. The van der Waals surface area contributed by atoms with E-state index in [2.05, 4.69) is 64.3 Å². The molecule has 0 bridgehead atoms. The number of ether oxygens (including phenoxy) is 1. The molecule has 1 N–H and O–H groups in total. The summed E-state index contributed by atoms with van der Waals surface area (Å²) in [5.41, 5.74) is 3.56. The van der Waals surface area contributed by atoms with Gasteiger partial charge in [-0.25, -0.2) is 4.98 Å². The van der Waals surface area contributed by atoms with Crippen LogP contribution in [0.25, 0.3) is 11.0 Å². The summed E-state index contributed by atoms with van der Waals surface area (Å²) >= 11 is 0. The number of methoxy groups -OCH3 is 1. The number of aromatic amines is 1. The molecule has 1 aromatic heterocycles. The standard InChI is InChI=1S/C24H32N4O/c1-27(18-24-25-22-7-3-4-8-23(22)26-24)16-20-6-5-14-28(17-20)15-13-19-9-11-21(29-2)12-10-19/h3-4,7-12,20H,5-6,13-18H2,1-2H3,(H,25,26). The van der Waals surface area contributed by atoms with E-state index in [1.807, 2.05) is 6.07 Å². The molecule has 1 aliphatic heterocycles. The quantitative estimate of drug-likeness (QED) is 0.630. The van der Waals surface area contributed by atoms with Crippen molar-refractivity contribution in [1.82, 2.24) is 19.8 Å². The molecule has 4 rings (SSSR count). The number of nitrogens with one attached hydrogen (secondary N) is 1. The van der Waals surface area contributed by atoms with Crippen molar-refractivity contribution in [3.63, 3.8) is 0 Å². The van der Waals surface area contributed by atoms with Crippen molar-refractivity contribution < 1.29 is 4.74 Å². The molecule has 3 aromatic rings. The number of hydrogen-bond acceptors (Lipinski definition) is 4. The highest BCUT2D eigenvalue weighted by atomic mass is 16.5. The largest absolute Gasteiger partial charge is 0.497 e. The first-order valence-electron chi connectivity index (χ1n) is 10.7. The Morgan fingerprint density at radius 2 is 2.00 bits per heavy atom. The van der Waals surface area contributed by atoms with Crippen molar-refractivity contribution in [2.45, 2.75) is 25.8 Å². The van der Waals surface area contributed by atoms with Crippen LogP contribution in [0.5, 0.6) is 5.75 Å². The summed E-state index contributed by atoms with van der Waals surface area (Å²) < 4.78 is 5.25. The molecule has 0 aliphatic carbocycles. The fraction of sp³-hybridized carbons (Fsp3) is 0.458. The lowest BCUT2D eigenvalue weighted by molar-refractivity contribution is 0.141. The van der Waals surface area contributed by atoms with E-state index in [4.69, 9.17) is 9.72 Å². The van der Waals surface area contributed by atoms with Gasteiger partial charge in [0.2, 0.25) is 0 Å². The third-order valence-corrected chi connectivity index (χ3v) is 5.91. The summed E-state index contributed by atoms with van der Waals surface area (Å²) in [7, 11) is 3.93. The van der Waals surface area contributed by atoms with E-state index in [1.54, 1.807) is 7.11 Å². The zero-order chi connectivity index (χ0) is 20.1. The van der Waals surface area contributed by atoms with Crippen molar-refractivity contribution in [3.8, 4) is 5.75 Å². The summed E-state index contributed by atoms with van der Waals surface area (Å²) in [4.78, 5) is 13.2. The molecule has 1 fully saturated rings. The van der Waals surface area contributed by atoms with Crippen molar-refractivity contribution >= 4 is 11.0 Å². The first kappa shape index (κ1) is 19.9. The molecule has 1 atom stereocenters. The highest BCUT2D eigenvalue weighted by Gasteiger charge is 2.21. The number of H-pyrrole nitrogens is 1. The SMILES string of the molecule is COc1ccc(CCN2CCCC(CN(C)Cc3nc4ccccc4[nH]3)C2)cc1. The maximum atomic E-state index is 5.25. The van der Waals surface area contributed by atoms with Crippen LogP contribution >= 0.6 is 0 Å². The maximum Gasteiger partial charge on any atom is 0.121 e. The molecule has 0 radical (unpaired) electrons. The predicted octanol–water partition coefficient (Wildman–Crippen LogP) is 3.96. The predicted molar refractivity (Wildman–Crippen MR) is 118 cm³/mol. The Bertz CT molecular complexity index is 872. The van der Waals surface area contributed by atoms with Crippen molar-refractivity contribution in [2.75, 3.05) is 40.3 Å². The van der Waals surface area contributed by atoms with Gasteiger partial charge in [-0.2, -0.15) is 0 Å². The number of piperidine rings is 1. The van der Waals surface area contributed by atoms with Crippen LogP contribution in [0, 0.1) is 5.92 Å². The number of likely N-dealkylation sites (tertiary alicyclic amines) is 1. The molecule has 0 saturated carbocycles. The first-order valence-corrected chi connectivity index (χ1v) is 10.7. The van der Waals surface area contributed by atoms with E-state index in [-0.39, 0.29) is 0 Å². The van der Waals surface area contributed by atoms with Crippen LogP contribution < -0.4 is 4.74 Å². The number of nitrogens with zero attached hydrogens (tertiary/aromatic N) is 3. The Morgan fingerprint density at radius 3 is 2.79 bits per heavy atom. The number of hydrogen-bond donors (Lipinski definition) is 1. The smallest absolute Gasteiger partial charge is 0.121 e. The minimum absolute atomic E-state index is 0.731. The van der Waals surface area contributed by atoms with Gasteiger partial charge in [0, 0.05) is 19.6 Å². The normalized spacial score (nSPS) is 17.8. The van der Waals surface area contributed by atoms with Crippen LogP contribution in [0.3, 0.4) is 0 Å². The van der Waals surface area contributed by atoms with E-state index < -0.39 is 0 Å². The van der Waals surface area contributed by atoms with Gasteiger partial charge >= 0.3 is 0 Å². The fourth-order valence-electron chi connectivity index (χ4n) is 4.42. The highest BCUT2D eigenvalue weighted by Crippen LogP contribution is 2.19. The molecule has 2 heterocycles. The molecular formula is C24H32N4O. The van der Waals surface area contributed by atoms with Gasteiger partial charge in [-0.15, -0.1) is 0 Å². The summed E-state index contributed by atoms with van der Waals surface area (Å²) in [5, 5.41) is 0. The fourth-order valence-corrected chi connectivity index (χ4v) is 4.42. The van der Waals surface area contributed by atoms with E-state index in [0.29, 0.717) is 0 Å². The number of para-hydroxylation sites is 2. The molecule has 29 heavy (non-hydrogen) atoms. The van der Waals surface area contributed by atoms with Crippen molar-refractivity contribution in [3.05, 3.63) is 59.9 Å². The molecule has 0 amide bonds. The topological polar surface area (TPSA) is 44.4 Å². The number of rotatable bonds is 8. The molecule has 154 valence electrons. The van der Waals surface area contributed by atoms with Gasteiger partial charge in [-0.1, -0.05) is 24.3 Å². The molecule has 1 saturated heterocycles. The van der Waals surface area contributed by atoms with Crippen molar-refractivity contribution in [1.29, 1.82) is 0 Å². The van der Waals surface area contributed by atoms with Gasteiger partial charge < -0.3 is 14.6 Å². The Kier molecular flexibility index (Phi) is 6.47. The van der Waals surface area contributed by atoms with Crippen molar-refractivity contribution in [2.24, 2.45) is 5.92 Å². The zero-order valence-electron chi connectivity index (χ0n) is 17.6. The van der Waals surface area contributed by atoms with E-state index in [1.165, 1.54) is 31.5 Å². The minimum atomic E-state index is 0.731. The Balaban J connectivity index is 1.25. The molecule has 1 aliphatic rings. The molecule has 2 aromatic carbocycles. The van der Waals surface area contributed by atoms with Crippen LogP contribution in [0.4, 0.5) is 0 Å². The number of benzene rings is 2. The van der Waals surface area contributed by atoms with Crippen LogP contribution in [-0.4, -0.2) is 60.1 Å². The third-order valence-electron chi connectivity index (χ3n) is 5.91. The average Bonchev–Trinajstić information content (AvgIpc) is 3.15. The zero-order valence-corrected chi connectivity index (χ0v) is 17.6. The molecular weight excluding hydrogens is 360 g/mol. The molecule has 0 spiro atoms. The van der Waals surface area contributed by atoms with E-state index in [9.17, 15) is 0 Å². The first-order chi connectivity index (χ1) is 14.2. The summed E-state index contributed by atoms with van der Waals surface area (Å²) in [6.07, 6.45) is 3.72. The second-order valence-electron chi connectivity index (χ2n) is 8.30. The lowest BCUT2D eigenvalue weighted by atomic mass is 9.97. The maximum absolute atomic E-state index is 5.25. The van der Waals surface area contributed by atoms with Gasteiger partial charge in [0.1, 0.15) is 11.6 Å². The van der Waals surface area contributed by atoms with Gasteiger partial charge in [0.05, 0.1) is 24.7 Å². The van der Waals surface area contributed by atoms with E-state index in [0.717, 1.165) is 54.6 Å². The summed E-state index contributed by atoms with van der Waals surface area (Å²) in [6, 6.07) is 16.7. The minimum Gasteiger partial charge on any atom is -0.497 e. The van der Waals surface area contributed by atoms with Crippen LogP contribution in [0.1, 0.15) is 24.2 Å². The van der Waals surface area contributed by atoms with Gasteiger partial charge in [0.15, 0.2) is 0 Å². The summed E-state index contributed by atoms with van der Waals surface area (Å²) in [6.45, 7) is 5.55. The van der Waals surface area contributed by atoms with Gasteiger partial charge in [-0.05, 0) is 68.6 Å². The van der Waals surface area contributed by atoms with E-state index >= 15 is 0 Å². The number of aromatic nitrogens is 2. The van der Waals surface area contributed by atoms with Crippen LogP contribution in [0.15, 0.2) is 48.5 Å². The Hall–Kier alpha value is -2.37. The van der Waals surface area contributed by atoms with Crippen LogP contribution in [0.2, 0.25) is 0 Å². The van der Waals surface area contributed by atoms with Gasteiger partial charge in [0.25, 0.3) is 0 Å². The average molecular weight is 393 g/mol. The van der Waals surface area contributed by atoms with Gasteiger partial charge in [-0.3, -0.25) is 4.90 Å².